The van der Waals surface area contributed by atoms with E-state index in [1.807, 2.05) is 29.2 Å². The number of aryl methyl sites for hydroxylation is 1. The summed E-state index contributed by atoms with van der Waals surface area (Å²) in [5.41, 5.74) is 1.01. The van der Waals surface area contributed by atoms with Gasteiger partial charge in [0.25, 0.3) is 0 Å². The number of tetrazole rings is 1. The van der Waals surface area contributed by atoms with Gasteiger partial charge in [-0.1, -0.05) is 19.1 Å². The fraction of sp³-hybridized carbons (Fsp3) is 0.529. The molecule has 7 heteroatoms. The van der Waals surface area contributed by atoms with Crippen molar-refractivity contribution in [1.29, 1.82) is 0 Å². The molecule has 0 N–H and O–H groups in total. The Morgan fingerprint density at radius 3 is 2.79 bits per heavy atom. The van der Waals surface area contributed by atoms with Gasteiger partial charge in [-0.3, -0.25) is 4.79 Å². The average molecular weight is 329 g/mol. The van der Waals surface area contributed by atoms with Crippen LogP contribution in [0.25, 0.3) is 0 Å². The molecular formula is C17H23N5O2. The molecule has 24 heavy (non-hydrogen) atoms. The molecule has 0 aliphatic carbocycles. The van der Waals surface area contributed by atoms with Crippen molar-refractivity contribution in [2.24, 2.45) is 13.0 Å². The molecule has 1 aliphatic rings. The van der Waals surface area contributed by atoms with E-state index in [9.17, 15) is 4.79 Å². The van der Waals surface area contributed by atoms with Gasteiger partial charge in [-0.25, -0.2) is 4.68 Å². The molecule has 7 nitrogen and oxygen atoms in total. The van der Waals surface area contributed by atoms with E-state index in [0.717, 1.165) is 30.8 Å². The minimum absolute atomic E-state index is 0.209. The number of aromatic nitrogens is 4. The Hall–Kier alpha value is -2.44. The Morgan fingerprint density at radius 2 is 2.12 bits per heavy atom. The van der Waals surface area contributed by atoms with E-state index in [4.69, 9.17) is 4.74 Å². The van der Waals surface area contributed by atoms with Gasteiger partial charge in [0.05, 0.1) is 6.42 Å². The Morgan fingerprint density at radius 1 is 1.33 bits per heavy atom. The fourth-order valence-corrected chi connectivity index (χ4v) is 2.92. The van der Waals surface area contributed by atoms with Crippen molar-refractivity contribution in [2.45, 2.75) is 32.8 Å². The first-order valence-corrected chi connectivity index (χ1v) is 8.32. The van der Waals surface area contributed by atoms with Crippen LogP contribution in [0.5, 0.6) is 5.75 Å². The first kappa shape index (κ1) is 16.4. The third-order valence-corrected chi connectivity index (χ3v) is 4.36. The Labute approximate surface area is 141 Å². The van der Waals surface area contributed by atoms with E-state index in [1.54, 1.807) is 11.7 Å². The summed E-state index contributed by atoms with van der Waals surface area (Å²) in [6, 6.07) is 7.64. The van der Waals surface area contributed by atoms with Crippen molar-refractivity contribution in [2.75, 3.05) is 13.1 Å². The number of rotatable bonds is 5. The summed E-state index contributed by atoms with van der Waals surface area (Å²) in [6.07, 6.45) is 2.77. The number of nitrogens with zero attached hydrogens (tertiary/aromatic N) is 5. The van der Waals surface area contributed by atoms with Crippen molar-refractivity contribution in [3.63, 3.8) is 0 Å². The highest BCUT2D eigenvalue weighted by Gasteiger charge is 2.20. The topological polar surface area (TPSA) is 73.1 Å². The maximum absolute atomic E-state index is 12.4. The molecule has 2 heterocycles. The molecule has 1 fully saturated rings. The second-order valence-electron chi connectivity index (χ2n) is 6.42. The molecule has 2 aromatic rings. The molecule has 0 saturated carbocycles. The Balaban J connectivity index is 1.52. The van der Waals surface area contributed by atoms with Gasteiger partial charge in [0.15, 0.2) is 5.82 Å². The molecule has 1 aromatic carbocycles. The molecule has 1 amide bonds. The van der Waals surface area contributed by atoms with Gasteiger partial charge < -0.3 is 9.64 Å². The Bertz CT molecular complexity index is 683. The molecule has 0 spiro atoms. The number of likely N-dealkylation sites (tertiary alicyclic amines) is 1. The lowest BCUT2D eigenvalue weighted by Gasteiger charge is -2.31. The van der Waals surface area contributed by atoms with Gasteiger partial charge >= 0.3 is 0 Å². The molecule has 1 atom stereocenters. The van der Waals surface area contributed by atoms with Crippen LogP contribution in [0.1, 0.15) is 31.2 Å². The van der Waals surface area contributed by atoms with Crippen molar-refractivity contribution < 1.29 is 9.53 Å². The molecule has 128 valence electrons. The molecule has 1 aromatic heterocycles. The number of hydrogen-bond donors (Lipinski definition) is 0. The van der Waals surface area contributed by atoms with Crippen LogP contribution in [0.2, 0.25) is 0 Å². The quantitative estimate of drug-likeness (QED) is 0.833. The smallest absolute Gasteiger partial charge is 0.226 e. The highest BCUT2D eigenvalue weighted by atomic mass is 16.5. The molecular weight excluding hydrogens is 306 g/mol. The maximum Gasteiger partial charge on any atom is 0.226 e. The number of ether oxygens (including phenoxy) is 1. The summed E-state index contributed by atoms with van der Waals surface area (Å²) in [5, 5.41) is 11.2. The summed E-state index contributed by atoms with van der Waals surface area (Å²) in [7, 11) is 1.77. The molecule has 1 unspecified atom stereocenters. The summed E-state index contributed by atoms with van der Waals surface area (Å²) in [4.78, 5) is 14.4. The second-order valence-corrected chi connectivity index (χ2v) is 6.42. The van der Waals surface area contributed by atoms with Crippen LogP contribution < -0.4 is 4.74 Å². The summed E-state index contributed by atoms with van der Waals surface area (Å²) in [6.45, 7) is 4.29. The van der Waals surface area contributed by atoms with Crippen molar-refractivity contribution in [3.8, 4) is 5.75 Å². The van der Waals surface area contributed by atoms with Gasteiger partial charge in [0.1, 0.15) is 12.4 Å². The zero-order valence-corrected chi connectivity index (χ0v) is 14.2. The number of hydrogen-bond acceptors (Lipinski definition) is 5. The third kappa shape index (κ3) is 4.10. The monoisotopic (exact) mass is 329 g/mol. The second kappa shape index (κ2) is 7.42. The van der Waals surface area contributed by atoms with Crippen LogP contribution in [-0.2, 0) is 24.9 Å². The van der Waals surface area contributed by atoms with Crippen LogP contribution in [0.4, 0.5) is 0 Å². The standard InChI is InChI=1S/C17H23N5O2/c1-13-4-3-9-22(11-13)17(23)10-14-5-7-15(8-6-14)24-12-16-18-19-20-21(16)2/h5-8,13H,3-4,9-12H2,1-2H3. The van der Waals surface area contributed by atoms with Crippen molar-refractivity contribution >= 4 is 5.91 Å². The zero-order valence-electron chi connectivity index (χ0n) is 14.2. The molecule has 1 aliphatic heterocycles. The van der Waals surface area contributed by atoms with Gasteiger partial charge in [-0.05, 0) is 46.9 Å². The van der Waals surface area contributed by atoms with E-state index >= 15 is 0 Å². The number of amides is 1. The number of carbonyl (C=O) groups is 1. The third-order valence-electron chi connectivity index (χ3n) is 4.36. The van der Waals surface area contributed by atoms with Crippen molar-refractivity contribution in [3.05, 3.63) is 35.7 Å². The van der Waals surface area contributed by atoms with Crippen LogP contribution >= 0.6 is 0 Å². The van der Waals surface area contributed by atoms with E-state index in [0.29, 0.717) is 24.8 Å². The minimum atomic E-state index is 0.209. The minimum Gasteiger partial charge on any atom is -0.486 e. The number of carbonyl (C=O) groups excluding carboxylic acids is 1. The van der Waals surface area contributed by atoms with Crippen LogP contribution in [0.15, 0.2) is 24.3 Å². The van der Waals surface area contributed by atoms with Crippen LogP contribution in [0, 0.1) is 5.92 Å². The normalized spacial score (nSPS) is 17.8. The highest BCUT2D eigenvalue weighted by molar-refractivity contribution is 5.78. The zero-order chi connectivity index (χ0) is 16.9. The van der Waals surface area contributed by atoms with Crippen molar-refractivity contribution in [1.82, 2.24) is 25.1 Å². The van der Waals surface area contributed by atoms with Crippen LogP contribution in [-0.4, -0.2) is 44.1 Å². The molecule has 1 saturated heterocycles. The van der Waals surface area contributed by atoms with Gasteiger partial charge in [-0.2, -0.15) is 0 Å². The van der Waals surface area contributed by atoms with Gasteiger partial charge in [0, 0.05) is 20.1 Å². The summed E-state index contributed by atoms with van der Waals surface area (Å²) in [5.74, 6) is 2.21. The number of piperidine rings is 1. The largest absolute Gasteiger partial charge is 0.486 e. The van der Waals surface area contributed by atoms with E-state index in [-0.39, 0.29) is 5.91 Å². The van der Waals surface area contributed by atoms with E-state index in [1.165, 1.54) is 6.42 Å². The first-order valence-electron chi connectivity index (χ1n) is 8.32. The predicted octanol–water partition coefficient (Wildman–Crippen LogP) is 1.59. The highest BCUT2D eigenvalue weighted by Crippen LogP contribution is 2.18. The van der Waals surface area contributed by atoms with Crippen LogP contribution in [0.3, 0.4) is 0 Å². The molecule has 3 rings (SSSR count). The van der Waals surface area contributed by atoms with E-state index in [2.05, 4.69) is 22.4 Å². The lowest BCUT2D eigenvalue weighted by Crippen LogP contribution is -2.39. The maximum atomic E-state index is 12.4. The molecule has 0 bridgehead atoms. The van der Waals surface area contributed by atoms with Gasteiger partial charge in [-0.15, -0.1) is 5.10 Å². The summed E-state index contributed by atoms with van der Waals surface area (Å²) >= 11 is 0. The predicted molar refractivity (Wildman–Crippen MR) is 88.3 cm³/mol. The van der Waals surface area contributed by atoms with Gasteiger partial charge in [0.2, 0.25) is 5.91 Å². The average Bonchev–Trinajstić information content (AvgIpc) is 2.99. The first-order chi connectivity index (χ1) is 11.6. The fourth-order valence-electron chi connectivity index (χ4n) is 2.92. The van der Waals surface area contributed by atoms with E-state index < -0.39 is 0 Å². The SMILES string of the molecule is CC1CCCN(C(=O)Cc2ccc(OCc3nnnn3C)cc2)C1. The lowest BCUT2D eigenvalue weighted by atomic mass is 9.99. The lowest BCUT2D eigenvalue weighted by molar-refractivity contribution is -0.132. The number of benzene rings is 1. The summed E-state index contributed by atoms with van der Waals surface area (Å²) < 4.78 is 7.24. The Kier molecular flexibility index (Phi) is 5.08. The molecule has 0 radical (unpaired) electrons.